The second-order valence-corrected chi connectivity index (χ2v) is 9.95. The Hall–Kier alpha value is -4.25. The first kappa shape index (κ1) is 23.5. The molecule has 5 rings (SSSR count). The lowest BCUT2D eigenvalue weighted by Gasteiger charge is -2.36. The van der Waals surface area contributed by atoms with Gasteiger partial charge in [0.25, 0.3) is 15.9 Å². The van der Waals surface area contributed by atoms with Crippen LogP contribution in [0.4, 0.5) is 5.69 Å². The van der Waals surface area contributed by atoms with Crippen LogP contribution in [0.1, 0.15) is 10.4 Å². The number of hydrogen-bond donors (Lipinski definition) is 0. The molecule has 184 valence electrons. The summed E-state index contributed by atoms with van der Waals surface area (Å²) in [5.74, 6) is 0.939. The summed E-state index contributed by atoms with van der Waals surface area (Å²) in [6.45, 7) is 2.44. The third-order valence-corrected chi connectivity index (χ3v) is 7.59. The lowest BCUT2D eigenvalue weighted by Crippen LogP contribution is -2.48. The zero-order valence-electron chi connectivity index (χ0n) is 19.6. The van der Waals surface area contributed by atoms with E-state index in [1.54, 1.807) is 36.5 Å². The van der Waals surface area contributed by atoms with Crippen LogP contribution in [0.3, 0.4) is 0 Å². The minimum absolute atomic E-state index is 0.0196. The quantitative estimate of drug-likeness (QED) is 0.394. The van der Waals surface area contributed by atoms with E-state index in [2.05, 4.69) is 20.0 Å². The fourth-order valence-corrected chi connectivity index (χ4v) is 5.15. The van der Waals surface area contributed by atoms with Gasteiger partial charge in [0.2, 0.25) is 0 Å². The molecule has 0 N–H and O–H groups in total. The van der Waals surface area contributed by atoms with E-state index in [4.69, 9.17) is 4.74 Å². The van der Waals surface area contributed by atoms with Crippen LogP contribution in [-0.4, -0.2) is 71.7 Å². The zero-order valence-corrected chi connectivity index (χ0v) is 20.4. The lowest BCUT2D eigenvalue weighted by atomic mass is 10.1. The van der Waals surface area contributed by atoms with Gasteiger partial charge in [0.05, 0.1) is 17.7 Å². The maximum Gasteiger partial charge on any atom is 0.284 e. The topological polar surface area (TPSA) is 111 Å². The average molecular weight is 505 g/mol. The van der Waals surface area contributed by atoms with Gasteiger partial charge < -0.3 is 14.5 Å². The van der Waals surface area contributed by atoms with Crippen LogP contribution in [0.15, 0.2) is 84.3 Å². The molecule has 0 radical (unpaired) electrons. The molecule has 0 spiro atoms. The molecule has 11 heteroatoms. The first-order valence-corrected chi connectivity index (χ1v) is 12.8. The number of anilines is 1. The number of rotatable bonds is 6. The summed E-state index contributed by atoms with van der Waals surface area (Å²) in [7, 11) is -2.31. The Morgan fingerprint density at radius 1 is 0.917 bits per heavy atom. The molecule has 4 aromatic rings. The third-order valence-electron chi connectivity index (χ3n) is 6.05. The second-order valence-electron chi connectivity index (χ2n) is 8.16. The second kappa shape index (κ2) is 9.78. The number of nitrogens with zero attached hydrogens (tertiary/aromatic N) is 6. The zero-order chi connectivity index (χ0) is 25.1. The highest BCUT2D eigenvalue weighted by Gasteiger charge is 2.25. The Bertz CT molecular complexity index is 1460. The van der Waals surface area contributed by atoms with Gasteiger partial charge in [-0.05, 0) is 48.5 Å². The summed E-state index contributed by atoms with van der Waals surface area (Å²) >= 11 is 0. The summed E-state index contributed by atoms with van der Waals surface area (Å²) in [5, 5.41) is 4.10. The largest absolute Gasteiger partial charge is 0.495 e. The summed E-state index contributed by atoms with van der Waals surface area (Å²) in [4.78, 5) is 25.1. The Labute approximate surface area is 208 Å². The normalized spacial score (nSPS) is 14.0. The van der Waals surface area contributed by atoms with E-state index in [9.17, 15) is 13.2 Å². The number of pyridine rings is 1. The highest BCUT2D eigenvalue weighted by Crippen LogP contribution is 2.28. The maximum atomic E-state index is 13.1. The molecule has 1 fully saturated rings. The van der Waals surface area contributed by atoms with Crippen molar-refractivity contribution in [2.45, 2.75) is 4.90 Å². The van der Waals surface area contributed by atoms with Crippen molar-refractivity contribution in [3.63, 3.8) is 0 Å². The van der Waals surface area contributed by atoms with Crippen molar-refractivity contribution in [2.75, 3.05) is 38.2 Å². The van der Waals surface area contributed by atoms with Crippen LogP contribution in [0.2, 0.25) is 0 Å². The predicted octanol–water partition coefficient (Wildman–Crippen LogP) is 2.55. The molecule has 2 aromatic carbocycles. The molecule has 3 heterocycles. The van der Waals surface area contributed by atoms with Gasteiger partial charge in [-0.3, -0.25) is 9.78 Å². The van der Waals surface area contributed by atoms with Crippen molar-refractivity contribution < 1.29 is 17.9 Å². The molecule has 36 heavy (non-hydrogen) atoms. The lowest BCUT2D eigenvalue weighted by molar-refractivity contribution is 0.0746. The number of carbonyl (C=O) groups is 1. The molecule has 1 saturated heterocycles. The highest BCUT2D eigenvalue weighted by molar-refractivity contribution is 7.89. The fourth-order valence-electron chi connectivity index (χ4n) is 4.10. The Morgan fingerprint density at radius 2 is 1.61 bits per heavy atom. The molecule has 1 aliphatic rings. The average Bonchev–Trinajstić information content (AvgIpc) is 3.45. The van der Waals surface area contributed by atoms with Crippen LogP contribution in [0.25, 0.3) is 11.4 Å². The van der Waals surface area contributed by atoms with E-state index in [1.807, 2.05) is 24.3 Å². The van der Waals surface area contributed by atoms with Crippen molar-refractivity contribution in [2.24, 2.45) is 0 Å². The standard InChI is InChI=1S/C25H24N6O4S/c1-35-23-5-3-2-4-22(23)29-14-16-30(17-15-29)25(32)20-6-8-21(9-7-20)36(33,34)31-18-27-24(28-31)19-10-12-26-13-11-19/h2-13,18H,14-17H2,1H3. The van der Waals surface area contributed by atoms with Gasteiger partial charge in [0, 0.05) is 49.7 Å². The van der Waals surface area contributed by atoms with Crippen LogP contribution >= 0.6 is 0 Å². The summed E-state index contributed by atoms with van der Waals surface area (Å²) in [5.41, 5.74) is 2.09. The Morgan fingerprint density at radius 3 is 2.31 bits per heavy atom. The molecule has 0 saturated carbocycles. The number of piperazine rings is 1. The molecule has 10 nitrogen and oxygen atoms in total. The van der Waals surface area contributed by atoms with E-state index < -0.39 is 10.0 Å². The molecular formula is C25H24N6O4S. The number of amides is 1. The highest BCUT2D eigenvalue weighted by atomic mass is 32.2. The van der Waals surface area contributed by atoms with Crippen LogP contribution in [0, 0.1) is 0 Å². The minimum atomic E-state index is -3.95. The first-order chi connectivity index (χ1) is 17.5. The number of methoxy groups -OCH3 is 1. The summed E-state index contributed by atoms with van der Waals surface area (Å²) < 4.78 is 32.3. The number of carbonyl (C=O) groups excluding carboxylic acids is 1. The molecular weight excluding hydrogens is 480 g/mol. The van der Waals surface area contributed by atoms with E-state index in [1.165, 1.54) is 24.3 Å². The summed E-state index contributed by atoms with van der Waals surface area (Å²) in [6, 6.07) is 17.1. The molecule has 0 bridgehead atoms. The van der Waals surface area contributed by atoms with E-state index >= 15 is 0 Å². The van der Waals surface area contributed by atoms with Crippen LogP contribution in [-0.2, 0) is 10.0 Å². The number of hydrogen-bond acceptors (Lipinski definition) is 8. The van der Waals surface area contributed by atoms with Crippen molar-refractivity contribution in [1.82, 2.24) is 24.1 Å². The van der Waals surface area contributed by atoms with Crippen LogP contribution < -0.4 is 9.64 Å². The third kappa shape index (κ3) is 4.52. The SMILES string of the molecule is COc1ccccc1N1CCN(C(=O)c2ccc(S(=O)(=O)n3cnc(-c4ccncc4)n3)cc2)CC1. The molecule has 2 aromatic heterocycles. The minimum Gasteiger partial charge on any atom is -0.495 e. The predicted molar refractivity (Wildman–Crippen MR) is 133 cm³/mol. The number of benzene rings is 2. The van der Waals surface area contributed by atoms with E-state index in [0.29, 0.717) is 37.3 Å². The molecule has 1 aliphatic heterocycles. The first-order valence-electron chi connectivity index (χ1n) is 11.3. The monoisotopic (exact) mass is 504 g/mol. The van der Waals surface area contributed by atoms with Gasteiger partial charge >= 0.3 is 0 Å². The molecule has 1 amide bonds. The molecule has 0 aliphatic carbocycles. The smallest absolute Gasteiger partial charge is 0.284 e. The Kier molecular flexibility index (Phi) is 6.38. The van der Waals surface area contributed by atoms with Crippen molar-refractivity contribution >= 4 is 21.6 Å². The van der Waals surface area contributed by atoms with Gasteiger partial charge in [-0.1, -0.05) is 12.1 Å². The maximum absolute atomic E-state index is 13.1. The van der Waals surface area contributed by atoms with Gasteiger partial charge in [0.1, 0.15) is 12.1 Å². The molecule has 0 unspecified atom stereocenters. The van der Waals surface area contributed by atoms with Crippen molar-refractivity contribution in [1.29, 1.82) is 0 Å². The summed E-state index contributed by atoms with van der Waals surface area (Å²) in [6.07, 6.45) is 4.32. The van der Waals surface area contributed by atoms with Crippen molar-refractivity contribution in [3.05, 3.63) is 84.9 Å². The van der Waals surface area contributed by atoms with Gasteiger partial charge in [0.15, 0.2) is 5.82 Å². The Balaban J connectivity index is 1.26. The van der Waals surface area contributed by atoms with Gasteiger partial charge in [-0.15, -0.1) is 9.19 Å². The van der Waals surface area contributed by atoms with Gasteiger partial charge in [-0.25, -0.2) is 4.98 Å². The number of aromatic nitrogens is 4. The fraction of sp³-hybridized carbons (Fsp3) is 0.200. The molecule has 0 atom stereocenters. The number of ether oxygens (including phenoxy) is 1. The number of para-hydroxylation sites is 2. The van der Waals surface area contributed by atoms with Gasteiger partial charge in [-0.2, -0.15) is 8.42 Å². The van der Waals surface area contributed by atoms with Crippen LogP contribution in [0.5, 0.6) is 5.75 Å². The van der Waals surface area contributed by atoms with E-state index in [0.717, 1.165) is 21.9 Å². The van der Waals surface area contributed by atoms with Crippen molar-refractivity contribution in [3.8, 4) is 17.1 Å². The van der Waals surface area contributed by atoms with E-state index in [-0.39, 0.29) is 16.6 Å².